The van der Waals surface area contributed by atoms with Crippen LogP contribution in [0, 0.1) is 69.6 Å². The van der Waals surface area contributed by atoms with Crippen LogP contribution < -0.4 is 0 Å². The van der Waals surface area contributed by atoms with E-state index in [4.69, 9.17) is 0 Å². The van der Waals surface area contributed by atoms with Gasteiger partial charge in [-0.1, -0.05) is 13.8 Å². The van der Waals surface area contributed by atoms with Crippen LogP contribution >= 0.6 is 0 Å². The Labute approximate surface area is 107 Å². The Balaban J connectivity index is 0.000000280. The van der Waals surface area contributed by atoms with Crippen LogP contribution in [-0.2, 0) is 17.1 Å². The maximum absolute atomic E-state index is 2.24. The Hall–Kier alpha value is 0.519. The molecule has 0 bridgehead atoms. The van der Waals surface area contributed by atoms with E-state index in [2.05, 4.69) is 39.5 Å². The second-order valence-electron chi connectivity index (χ2n) is 3.85. The Bertz CT molecular complexity index is 114. The molecule has 80 valence electrons. The average Bonchev–Trinajstić information content (AvgIpc) is 2.75. The van der Waals surface area contributed by atoms with Gasteiger partial charge in [-0.05, 0) is 76.0 Å². The smallest absolute Gasteiger partial charge is 0.0628 e. The second kappa shape index (κ2) is 9.72. The van der Waals surface area contributed by atoms with Crippen molar-refractivity contribution in [3.63, 3.8) is 0 Å². The third kappa shape index (κ3) is 8.34. The molecule has 0 N–H and O–H groups in total. The van der Waals surface area contributed by atoms with Crippen molar-refractivity contribution in [1.82, 2.24) is 0 Å². The maximum Gasteiger partial charge on any atom is 2.00 e. The third-order valence-corrected chi connectivity index (χ3v) is 1.93. The van der Waals surface area contributed by atoms with Crippen LogP contribution in [0.5, 0.6) is 0 Å². The molecule has 0 aromatic heterocycles. The summed E-state index contributed by atoms with van der Waals surface area (Å²) < 4.78 is 0. The average molecular weight is 242 g/mol. The molecule has 2 rings (SSSR count). The molecule has 2 saturated carbocycles. The van der Waals surface area contributed by atoms with E-state index >= 15 is 0 Å². The molecule has 0 saturated heterocycles. The zero-order valence-corrected chi connectivity index (χ0v) is 10.4. The van der Waals surface area contributed by atoms with Crippen molar-refractivity contribution in [2.24, 2.45) is 5.92 Å². The molecule has 0 aliphatic heterocycles. The zero-order chi connectivity index (χ0) is 10.2. The van der Waals surface area contributed by atoms with Gasteiger partial charge in [-0.3, -0.25) is 0 Å². The van der Waals surface area contributed by atoms with Crippen molar-refractivity contribution in [3.8, 4) is 0 Å². The van der Waals surface area contributed by atoms with Crippen molar-refractivity contribution in [1.29, 1.82) is 0 Å². The molecule has 15 heavy (non-hydrogen) atoms. The van der Waals surface area contributed by atoms with Gasteiger partial charge in [0.05, 0.1) is 0 Å². The van der Waals surface area contributed by atoms with Crippen LogP contribution in [0.25, 0.3) is 0 Å². The first-order valence-corrected chi connectivity index (χ1v) is 5.16. The van der Waals surface area contributed by atoms with Crippen molar-refractivity contribution in [2.75, 3.05) is 0 Å². The molecule has 0 amide bonds. The summed E-state index contributed by atoms with van der Waals surface area (Å²) in [6.07, 6.45) is 19.8. The van der Waals surface area contributed by atoms with E-state index in [1.165, 1.54) is 12.3 Å². The first-order chi connectivity index (χ1) is 6.79. The molecule has 10 radical (unpaired) electrons. The topological polar surface area (TPSA) is 0 Å². The fourth-order valence-corrected chi connectivity index (χ4v) is 1.34. The van der Waals surface area contributed by atoms with E-state index in [9.17, 15) is 0 Å². The van der Waals surface area contributed by atoms with Crippen LogP contribution in [-0.4, -0.2) is 0 Å². The Morgan fingerprint density at radius 1 is 0.800 bits per heavy atom. The van der Waals surface area contributed by atoms with Crippen molar-refractivity contribution in [3.05, 3.63) is 63.7 Å². The molecule has 0 nitrogen and oxygen atoms in total. The van der Waals surface area contributed by atoms with E-state index in [-0.39, 0.29) is 17.1 Å². The molecule has 1 heteroatoms. The molecule has 2 aliphatic rings. The van der Waals surface area contributed by atoms with Gasteiger partial charge in [0.25, 0.3) is 0 Å². The molecule has 2 aliphatic carbocycles. The van der Waals surface area contributed by atoms with Gasteiger partial charge in [-0.25, -0.2) is 0 Å². The SMILES string of the molecule is CC(C)C[C]1[CH][CH][CH][CH]1.[CH]1[CH][CH][CH][CH]1.[Fe+2]. The van der Waals surface area contributed by atoms with E-state index < -0.39 is 0 Å². The van der Waals surface area contributed by atoms with E-state index in [1.807, 2.05) is 32.1 Å². The minimum absolute atomic E-state index is 0. The normalized spacial score (nSPS) is 21.0. The summed E-state index contributed by atoms with van der Waals surface area (Å²) in [6, 6.07) is 0. The van der Waals surface area contributed by atoms with Crippen LogP contribution in [0.1, 0.15) is 20.3 Å². The summed E-state index contributed by atoms with van der Waals surface area (Å²) in [7, 11) is 0. The quantitative estimate of drug-likeness (QED) is 0.650. The van der Waals surface area contributed by atoms with Gasteiger partial charge in [-0.15, -0.1) is 0 Å². The van der Waals surface area contributed by atoms with Crippen LogP contribution in [0.15, 0.2) is 0 Å². The van der Waals surface area contributed by atoms with Gasteiger partial charge in [0.2, 0.25) is 0 Å². The van der Waals surface area contributed by atoms with Gasteiger partial charge < -0.3 is 0 Å². The Morgan fingerprint density at radius 3 is 1.53 bits per heavy atom. The molecule has 0 heterocycles. The van der Waals surface area contributed by atoms with E-state index in [0.29, 0.717) is 0 Å². The predicted molar refractivity (Wildman–Crippen MR) is 61.4 cm³/mol. The Kier molecular flexibility index (Phi) is 10.1. The zero-order valence-electron chi connectivity index (χ0n) is 9.33. The second-order valence-corrected chi connectivity index (χ2v) is 3.85. The monoisotopic (exact) mass is 242 g/mol. The van der Waals surface area contributed by atoms with Crippen molar-refractivity contribution in [2.45, 2.75) is 20.3 Å². The van der Waals surface area contributed by atoms with Crippen molar-refractivity contribution < 1.29 is 17.1 Å². The molecule has 2 fully saturated rings. The van der Waals surface area contributed by atoms with E-state index in [1.54, 1.807) is 0 Å². The van der Waals surface area contributed by atoms with Crippen LogP contribution in [0.2, 0.25) is 0 Å². The van der Waals surface area contributed by atoms with Crippen LogP contribution in [0.3, 0.4) is 0 Å². The summed E-state index contributed by atoms with van der Waals surface area (Å²) in [5, 5.41) is 0. The number of rotatable bonds is 2. The first kappa shape index (κ1) is 15.5. The standard InChI is InChI=1S/C9H13.C5H5.Fe/c1-8(2)7-9-5-3-4-6-9;1-2-4-5-3-1;/h3-6,8H,7H2,1-2H3;1-5H;/q;;+2. The van der Waals surface area contributed by atoms with Gasteiger partial charge in [0, 0.05) is 0 Å². The van der Waals surface area contributed by atoms with Gasteiger partial charge >= 0.3 is 17.1 Å². The maximum atomic E-state index is 2.24. The fraction of sp³-hybridized carbons (Fsp3) is 0.286. The Morgan fingerprint density at radius 2 is 1.20 bits per heavy atom. The van der Waals surface area contributed by atoms with Crippen LogP contribution in [0.4, 0.5) is 0 Å². The van der Waals surface area contributed by atoms with Gasteiger partial charge in [0.15, 0.2) is 0 Å². The van der Waals surface area contributed by atoms with Gasteiger partial charge in [-0.2, -0.15) is 0 Å². The fourth-order valence-electron chi connectivity index (χ4n) is 1.34. The van der Waals surface area contributed by atoms with Gasteiger partial charge in [0.1, 0.15) is 0 Å². The molecular weight excluding hydrogens is 224 g/mol. The minimum atomic E-state index is 0. The molecule has 0 unspecified atom stereocenters. The van der Waals surface area contributed by atoms with Crippen molar-refractivity contribution >= 4 is 0 Å². The third-order valence-electron chi connectivity index (χ3n) is 1.93. The number of hydrogen-bond acceptors (Lipinski definition) is 0. The molecular formula is C14H18Fe+2. The molecule has 0 aromatic carbocycles. The summed E-state index contributed by atoms with van der Waals surface area (Å²) in [4.78, 5) is 0. The predicted octanol–water partition coefficient (Wildman–Crippen LogP) is 3.46. The molecule has 0 spiro atoms. The van der Waals surface area contributed by atoms with E-state index in [0.717, 1.165) is 5.92 Å². The minimum Gasteiger partial charge on any atom is -0.0628 e. The first-order valence-electron chi connectivity index (χ1n) is 5.16. The summed E-state index contributed by atoms with van der Waals surface area (Å²) in [6.45, 7) is 4.49. The molecule has 0 atom stereocenters. The summed E-state index contributed by atoms with van der Waals surface area (Å²) in [5.41, 5.74) is 0. The largest absolute Gasteiger partial charge is 2.00 e. The number of hydrogen-bond donors (Lipinski definition) is 0. The summed E-state index contributed by atoms with van der Waals surface area (Å²) >= 11 is 0. The summed E-state index contributed by atoms with van der Waals surface area (Å²) in [5.74, 6) is 2.25. The molecule has 0 aromatic rings.